The number of ether oxygens (including phenoxy) is 2. The van der Waals surface area contributed by atoms with E-state index in [9.17, 15) is 9.18 Å². The molecule has 5 nitrogen and oxygen atoms in total. The van der Waals surface area contributed by atoms with E-state index < -0.39 is 0 Å². The molecule has 1 unspecified atom stereocenters. The van der Waals surface area contributed by atoms with Gasteiger partial charge in [0.25, 0.3) is 0 Å². The SMILES string of the molecule is COc1cc2c(cc1OC)[C@@H]([C@@H](C)NC(C)=O)[NH+](Cc1cccc(F)c1)CC2. The van der Waals surface area contributed by atoms with E-state index in [1.54, 1.807) is 26.4 Å². The highest BCUT2D eigenvalue weighted by Gasteiger charge is 2.36. The summed E-state index contributed by atoms with van der Waals surface area (Å²) >= 11 is 0. The Morgan fingerprint density at radius 1 is 1.25 bits per heavy atom. The minimum atomic E-state index is -0.229. The highest BCUT2D eigenvalue weighted by molar-refractivity contribution is 5.73. The lowest BCUT2D eigenvalue weighted by molar-refractivity contribution is -0.948. The summed E-state index contributed by atoms with van der Waals surface area (Å²) in [6.07, 6.45) is 0.879. The van der Waals surface area contributed by atoms with Crippen LogP contribution in [0.25, 0.3) is 0 Å². The lowest BCUT2D eigenvalue weighted by Gasteiger charge is -2.38. The van der Waals surface area contributed by atoms with Gasteiger partial charge in [0.2, 0.25) is 5.91 Å². The number of hydrogen-bond acceptors (Lipinski definition) is 3. The third kappa shape index (κ3) is 4.28. The van der Waals surface area contributed by atoms with Crippen LogP contribution in [-0.2, 0) is 17.8 Å². The topological polar surface area (TPSA) is 52.0 Å². The summed E-state index contributed by atoms with van der Waals surface area (Å²) in [6.45, 7) is 5.11. The molecule has 0 fully saturated rings. The quantitative estimate of drug-likeness (QED) is 0.798. The lowest BCUT2D eigenvalue weighted by Crippen LogP contribution is -3.13. The smallest absolute Gasteiger partial charge is 0.217 e. The summed E-state index contributed by atoms with van der Waals surface area (Å²) in [6, 6.07) is 10.7. The second-order valence-corrected chi connectivity index (χ2v) is 7.34. The van der Waals surface area contributed by atoms with Crippen molar-refractivity contribution in [2.45, 2.75) is 38.9 Å². The van der Waals surface area contributed by atoms with Crippen LogP contribution in [0, 0.1) is 5.82 Å². The number of fused-ring (bicyclic) bond motifs is 1. The van der Waals surface area contributed by atoms with Gasteiger partial charge in [-0.3, -0.25) is 4.79 Å². The number of methoxy groups -OCH3 is 2. The van der Waals surface area contributed by atoms with Gasteiger partial charge in [-0.1, -0.05) is 12.1 Å². The van der Waals surface area contributed by atoms with Crippen LogP contribution in [0.1, 0.15) is 36.6 Å². The van der Waals surface area contributed by atoms with Crippen LogP contribution in [-0.4, -0.2) is 32.7 Å². The van der Waals surface area contributed by atoms with Gasteiger partial charge in [0.05, 0.1) is 26.8 Å². The average Bonchev–Trinajstić information content (AvgIpc) is 2.66. The molecule has 2 N–H and O–H groups in total. The van der Waals surface area contributed by atoms with Crippen molar-refractivity contribution in [3.8, 4) is 11.5 Å². The van der Waals surface area contributed by atoms with Gasteiger partial charge >= 0.3 is 0 Å². The maximum Gasteiger partial charge on any atom is 0.217 e. The fourth-order valence-corrected chi connectivity index (χ4v) is 4.25. The molecule has 0 saturated heterocycles. The number of nitrogens with one attached hydrogen (secondary N) is 2. The number of amides is 1. The van der Waals surface area contributed by atoms with E-state index in [2.05, 4.69) is 5.32 Å². The maximum absolute atomic E-state index is 13.7. The summed E-state index contributed by atoms with van der Waals surface area (Å²) in [5, 5.41) is 3.04. The van der Waals surface area contributed by atoms with Crippen molar-refractivity contribution in [2.75, 3.05) is 20.8 Å². The number of carbonyl (C=O) groups is 1. The van der Waals surface area contributed by atoms with E-state index in [-0.39, 0.29) is 23.8 Å². The summed E-state index contributed by atoms with van der Waals surface area (Å²) in [7, 11) is 3.25. The molecule has 28 heavy (non-hydrogen) atoms. The minimum absolute atomic E-state index is 0.0238. The number of benzene rings is 2. The third-order valence-electron chi connectivity index (χ3n) is 5.39. The van der Waals surface area contributed by atoms with Crippen molar-refractivity contribution >= 4 is 5.91 Å². The van der Waals surface area contributed by atoms with Gasteiger partial charge in [0.1, 0.15) is 18.4 Å². The van der Waals surface area contributed by atoms with Gasteiger partial charge in [-0.2, -0.15) is 0 Å². The van der Waals surface area contributed by atoms with Crippen molar-refractivity contribution in [1.82, 2.24) is 5.32 Å². The molecule has 1 heterocycles. The van der Waals surface area contributed by atoms with Crippen molar-refractivity contribution in [3.05, 3.63) is 58.9 Å². The number of hydrogen-bond donors (Lipinski definition) is 2. The van der Waals surface area contributed by atoms with Gasteiger partial charge in [-0.25, -0.2) is 4.39 Å². The Morgan fingerprint density at radius 3 is 2.61 bits per heavy atom. The molecule has 3 rings (SSSR count). The largest absolute Gasteiger partial charge is 0.493 e. The van der Waals surface area contributed by atoms with E-state index in [0.29, 0.717) is 18.0 Å². The molecule has 0 radical (unpaired) electrons. The molecule has 0 spiro atoms. The molecule has 1 aliphatic heterocycles. The summed E-state index contributed by atoms with van der Waals surface area (Å²) in [4.78, 5) is 13.0. The molecular weight excluding hydrogens is 359 g/mol. The molecule has 1 amide bonds. The predicted molar refractivity (Wildman–Crippen MR) is 105 cm³/mol. The zero-order valence-electron chi connectivity index (χ0n) is 16.8. The van der Waals surface area contributed by atoms with Crippen molar-refractivity contribution in [3.63, 3.8) is 0 Å². The van der Waals surface area contributed by atoms with Crippen molar-refractivity contribution in [2.24, 2.45) is 0 Å². The summed E-state index contributed by atoms with van der Waals surface area (Å²) in [5.74, 6) is 1.09. The Hall–Kier alpha value is -2.60. The van der Waals surface area contributed by atoms with E-state index in [1.807, 2.05) is 25.1 Å². The standard InChI is InChI=1S/C22H27FN2O3/c1-14(24-15(2)26)22-19-12-21(28-4)20(27-3)11-17(19)8-9-25(22)13-16-6-5-7-18(23)10-16/h5-7,10-12,14,22H,8-9,13H2,1-4H3,(H,24,26)/p+1/t14-,22-/m1/s1. The predicted octanol–water partition coefficient (Wildman–Crippen LogP) is 2.05. The molecule has 3 atom stereocenters. The maximum atomic E-state index is 13.7. The Morgan fingerprint density at radius 2 is 1.96 bits per heavy atom. The monoisotopic (exact) mass is 387 g/mol. The van der Waals surface area contributed by atoms with Crippen LogP contribution >= 0.6 is 0 Å². The Balaban J connectivity index is 2.00. The van der Waals surface area contributed by atoms with Gasteiger partial charge in [-0.05, 0) is 36.8 Å². The molecule has 2 aromatic carbocycles. The van der Waals surface area contributed by atoms with E-state index in [1.165, 1.54) is 23.5 Å². The second kappa shape index (κ2) is 8.61. The van der Waals surface area contributed by atoms with Gasteiger partial charge in [-0.15, -0.1) is 0 Å². The van der Waals surface area contributed by atoms with Crippen LogP contribution < -0.4 is 19.7 Å². The van der Waals surface area contributed by atoms with Crippen LogP contribution in [0.2, 0.25) is 0 Å². The summed E-state index contributed by atoms with van der Waals surface area (Å²) in [5.41, 5.74) is 3.28. The Kier molecular flexibility index (Phi) is 6.19. The minimum Gasteiger partial charge on any atom is -0.493 e. The molecule has 0 bridgehead atoms. The molecule has 0 aromatic heterocycles. The number of halogens is 1. The van der Waals surface area contributed by atoms with Crippen LogP contribution in [0.4, 0.5) is 4.39 Å². The first kappa shape index (κ1) is 20.1. The van der Waals surface area contributed by atoms with Crippen LogP contribution in [0.15, 0.2) is 36.4 Å². The molecule has 6 heteroatoms. The first-order valence-corrected chi connectivity index (χ1v) is 9.53. The van der Waals surface area contributed by atoms with Crippen LogP contribution in [0.5, 0.6) is 11.5 Å². The van der Waals surface area contributed by atoms with Crippen molar-refractivity contribution in [1.29, 1.82) is 0 Å². The van der Waals surface area contributed by atoms with E-state index >= 15 is 0 Å². The normalized spacial score (nSPS) is 19.5. The van der Waals surface area contributed by atoms with Gasteiger partial charge < -0.3 is 19.7 Å². The zero-order valence-corrected chi connectivity index (χ0v) is 16.8. The number of quaternary nitrogens is 1. The highest BCUT2D eigenvalue weighted by atomic mass is 19.1. The third-order valence-corrected chi connectivity index (χ3v) is 5.39. The van der Waals surface area contributed by atoms with E-state index in [0.717, 1.165) is 24.1 Å². The highest BCUT2D eigenvalue weighted by Crippen LogP contribution is 2.35. The fraction of sp³-hybridized carbons (Fsp3) is 0.409. The Bertz CT molecular complexity index is 856. The fourth-order valence-electron chi connectivity index (χ4n) is 4.25. The summed E-state index contributed by atoms with van der Waals surface area (Å²) < 4.78 is 24.6. The Labute approximate surface area is 165 Å². The molecule has 150 valence electrons. The number of carbonyl (C=O) groups excluding carboxylic acids is 1. The first-order chi connectivity index (χ1) is 13.4. The lowest BCUT2D eigenvalue weighted by atomic mass is 9.87. The molecule has 2 aromatic rings. The first-order valence-electron chi connectivity index (χ1n) is 9.53. The molecule has 1 aliphatic rings. The average molecular weight is 387 g/mol. The van der Waals surface area contributed by atoms with Gasteiger partial charge in [0.15, 0.2) is 11.5 Å². The van der Waals surface area contributed by atoms with Gasteiger partial charge in [0, 0.05) is 24.5 Å². The second-order valence-electron chi connectivity index (χ2n) is 7.34. The van der Waals surface area contributed by atoms with Crippen LogP contribution in [0.3, 0.4) is 0 Å². The number of rotatable bonds is 6. The van der Waals surface area contributed by atoms with Crippen molar-refractivity contribution < 1.29 is 23.6 Å². The molecular formula is C22H28FN2O3+. The molecule has 0 aliphatic carbocycles. The van der Waals surface area contributed by atoms with E-state index in [4.69, 9.17) is 9.47 Å². The zero-order chi connectivity index (χ0) is 20.3. The molecule has 0 saturated carbocycles.